The number of piperidine rings is 1. The van der Waals surface area contributed by atoms with Crippen molar-refractivity contribution < 1.29 is 23.9 Å². The van der Waals surface area contributed by atoms with Crippen molar-refractivity contribution in [1.29, 1.82) is 0 Å². The lowest BCUT2D eigenvalue weighted by Crippen LogP contribution is -2.50. The highest BCUT2D eigenvalue weighted by molar-refractivity contribution is 6.30. The summed E-state index contributed by atoms with van der Waals surface area (Å²) in [5, 5.41) is 3.36. The summed E-state index contributed by atoms with van der Waals surface area (Å²) >= 11 is 6.00. The van der Waals surface area contributed by atoms with Crippen molar-refractivity contribution in [3.05, 3.63) is 34.9 Å². The van der Waals surface area contributed by atoms with Gasteiger partial charge in [0, 0.05) is 11.6 Å². The van der Waals surface area contributed by atoms with E-state index in [1.807, 2.05) is 0 Å². The lowest BCUT2D eigenvalue weighted by molar-refractivity contribution is -0.149. The fourth-order valence-electron chi connectivity index (χ4n) is 4.04. The Bertz CT molecular complexity index is 834. The van der Waals surface area contributed by atoms with Gasteiger partial charge in [-0.05, 0) is 57.5 Å². The van der Waals surface area contributed by atoms with Crippen LogP contribution >= 0.6 is 11.6 Å². The Morgan fingerprint density at radius 3 is 2.32 bits per heavy atom. The van der Waals surface area contributed by atoms with E-state index >= 15 is 0 Å². The Morgan fingerprint density at radius 1 is 1.10 bits per heavy atom. The maximum Gasteiger partial charge on any atom is 0.341 e. The Balaban J connectivity index is 1.77. The fraction of sp³-hybridized carbons (Fsp3) is 0.545. The molecule has 2 aliphatic rings. The Labute approximate surface area is 186 Å². The van der Waals surface area contributed by atoms with Gasteiger partial charge in [0.2, 0.25) is 0 Å². The van der Waals surface area contributed by atoms with Gasteiger partial charge in [0.05, 0.1) is 30.9 Å². The molecule has 0 spiro atoms. The molecular weight excluding hydrogens is 422 g/mol. The Kier molecular flexibility index (Phi) is 8.03. The van der Waals surface area contributed by atoms with Gasteiger partial charge in [-0.3, -0.25) is 14.5 Å². The van der Waals surface area contributed by atoms with Crippen molar-refractivity contribution in [2.24, 2.45) is 16.8 Å². The number of carbonyl (C=O) groups excluding carboxylic acids is 3. The Morgan fingerprint density at radius 2 is 1.71 bits per heavy atom. The topological polar surface area (TPSA) is 97.3 Å². The maximum absolute atomic E-state index is 12.9. The molecule has 2 unspecified atom stereocenters. The van der Waals surface area contributed by atoms with Gasteiger partial charge in [0.1, 0.15) is 5.92 Å². The minimum absolute atomic E-state index is 0.115. The number of likely N-dealkylation sites (tertiary alicyclic amines) is 1. The van der Waals surface area contributed by atoms with Gasteiger partial charge in [-0.25, -0.2) is 9.79 Å². The minimum Gasteiger partial charge on any atom is -0.466 e. The van der Waals surface area contributed by atoms with Gasteiger partial charge < -0.3 is 14.8 Å². The van der Waals surface area contributed by atoms with Crippen LogP contribution in [0.1, 0.15) is 38.3 Å². The summed E-state index contributed by atoms with van der Waals surface area (Å²) in [5.41, 5.74) is 1.22. The van der Waals surface area contributed by atoms with Crippen LogP contribution in [-0.2, 0) is 19.1 Å². The van der Waals surface area contributed by atoms with Crippen LogP contribution in [-0.4, -0.2) is 61.4 Å². The zero-order valence-corrected chi connectivity index (χ0v) is 18.6. The highest BCUT2D eigenvalue weighted by Gasteiger charge is 2.40. The predicted octanol–water partition coefficient (Wildman–Crippen LogP) is 3.00. The van der Waals surface area contributed by atoms with E-state index in [1.54, 1.807) is 38.1 Å². The van der Waals surface area contributed by atoms with Gasteiger partial charge in [-0.15, -0.1) is 0 Å². The van der Waals surface area contributed by atoms with E-state index in [-0.39, 0.29) is 18.5 Å². The van der Waals surface area contributed by atoms with Crippen LogP contribution in [0.5, 0.6) is 0 Å². The number of aliphatic imine (C=N–C) groups is 1. The first-order valence-corrected chi connectivity index (χ1v) is 11.0. The first-order chi connectivity index (χ1) is 14.9. The van der Waals surface area contributed by atoms with Crippen LogP contribution in [0.15, 0.2) is 29.3 Å². The standard InChI is InChI=1S/C22H28ClN3O5/c1-3-30-20(27)15-9-11-26(12-10-15)13-17-18(21(28)31-4-2)19(25-22(29)24-17)14-5-7-16(23)8-6-14/h5-8,15,18-19H,3-4,9-13H2,1-2H3,(H,25,29). The molecule has 2 heterocycles. The number of carbonyl (C=O) groups is 3. The number of nitrogens with zero attached hydrogens (tertiary/aromatic N) is 2. The normalized spacial score (nSPS) is 22.4. The van der Waals surface area contributed by atoms with Crippen molar-refractivity contribution in [2.75, 3.05) is 32.8 Å². The minimum atomic E-state index is -0.735. The smallest absolute Gasteiger partial charge is 0.341 e. The highest BCUT2D eigenvalue weighted by Crippen LogP contribution is 2.30. The van der Waals surface area contributed by atoms with Crippen molar-refractivity contribution in [3.63, 3.8) is 0 Å². The molecule has 3 rings (SSSR count). The van der Waals surface area contributed by atoms with Crippen LogP contribution in [0, 0.1) is 11.8 Å². The van der Waals surface area contributed by atoms with Crippen LogP contribution in [0.4, 0.5) is 4.79 Å². The summed E-state index contributed by atoms with van der Waals surface area (Å²) in [6, 6.07) is 5.93. The number of esters is 2. The molecule has 0 bridgehead atoms. The van der Waals surface area contributed by atoms with Gasteiger partial charge in [0.15, 0.2) is 0 Å². The number of urea groups is 1. The fourth-order valence-corrected chi connectivity index (χ4v) is 4.17. The molecule has 1 N–H and O–H groups in total. The second-order valence-corrected chi connectivity index (χ2v) is 8.05. The highest BCUT2D eigenvalue weighted by atomic mass is 35.5. The van der Waals surface area contributed by atoms with Crippen molar-refractivity contribution in [3.8, 4) is 0 Å². The van der Waals surface area contributed by atoms with Gasteiger partial charge >= 0.3 is 18.0 Å². The van der Waals surface area contributed by atoms with E-state index in [2.05, 4.69) is 15.2 Å². The van der Waals surface area contributed by atoms with E-state index in [1.165, 1.54) is 0 Å². The third-order valence-corrected chi connectivity index (χ3v) is 5.83. The van der Waals surface area contributed by atoms with Crippen LogP contribution in [0.2, 0.25) is 5.02 Å². The molecule has 31 heavy (non-hydrogen) atoms. The average Bonchev–Trinajstić information content (AvgIpc) is 2.74. The van der Waals surface area contributed by atoms with Crippen molar-refractivity contribution in [2.45, 2.75) is 32.7 Å². The van der Waals surface area contributed by atoms with Gasteiger partial charge in [0.25, 0.3) is 0 Å². The molecule has 0 aromatic heterocycles. The number of hydrogen-bond donors (Lipinski definition) is 1. The largest absolute Gasteiger partial charge is 0.466 e. The molecule has 1 saturated heterocycles. The Hall–Kier alpha value is -2.45. The van der Waals surface area contributed by atoms with Gasteiger partial charge in [-0.1, -0.05) is 23.7 Å². The molecular formula is C22H28ClN3O5. The summed E-state index contributed by atoms with van der Waals surface area (Å²) in [4.78, 5) is 43.5. The van der Waals surface area contributed by atoms with Crippen molar-refractivity contribution >= 4 is 35.3 Å². The van der Waals surface area contributed by atoms with Crippen LogP contribution < -0.4 is 5.32 Å². The SMILES string of the molecule is CCOC(=O)C1CCN(CC2=NC(=O)NC(c3ccc(Cl)cc3)C2C(=O)OCC)CC1. The van der Waals surface area contributed by atoms with E-state index < -0.39 is 24.0 Å². The average molecular weight is 450 g/mol. The third kappa shape index (κ3) is 5.83. The van der Waals surface area contributed by atoms with E-state index in [4.69, 9.17) is 21.1 Å². The first kappa shape index (κ1) is 23.2. The molecule has 9 heteroatoms. The summed E-state index contributed by atoms with van der Waals surface area (Å²) < 4.78 is 10.4. The van der Waals surface area contributed by atoms with Crippen LogP contribution in [0.25, 0.3) is 0 Å². The molecule has 0 saturated carbocycles. The summed E-state index contributed by atoms with van der Waals surface area (Å²) in [6.45, 7) is 5.82. The van der Waals surface area contributed by atoms with Gasteiger partial charge in [-0.2, -0.15) is 0 Å². The van der Waals surface area contributed by atoms with E-state index in [0.29, 0.717) is 49.8 Å². The van der Waals surface area contributed by atoms with Crippen molar-refractivity contribution in [1.82, 2.24) is 10.2 Å². The molecule has 2 atom stereocenters. The summed E-state index contributed by atoms with van der Waals surface area (Å²) in [6.07, 6.45) is 1.34. The zero-order chi connectivity index (χ0) is 22.4. The predicted molar refractivity (Wildman–Crippen MR) is 116 cm³/mol. The first-order valence-electron chi connectivity index (χ1n) is 10.6. The molecule has 8 nitrogen and oxygen atoms in total. The lowest BCUT2D eigenvalue weighted by atomic mass is 9.87. The molecule has 168 valence electrons. The molecule has 1 aromatic rings. The number of rotatable bonds is 7. The molecule has 1 aromatic carbocycles. The van der Waals surface area contributed by atoms with E-state index in [9.17, 15) is 14.4 Å². The monoisotopic (exact) mass is 449 g/mol. The molecule has 2 amide bonds. The number of amides is 2. The number of nitrogens with one attached hydrogen (secondary N) is 1. The lowest BCUT2D eigenvalue weighted by Gasteiger charge is -2.35. The van der Waals surface area contributed by atoms with Crippen LogP contribution in [0.3, 0.4) is 0 Å². The molecule has 0 radical (unpaired) electrons. The summed E-state index contributed by atoms with van der Waals surface area (Å²) in [5.74, 6) is -1.44. The second-order valence-electron chi connectivity index (χ2n) is 7.61. The molecule has 0 aliphatic carbocycles. The molecule has 1 fully saturated rings. The third-order valence-electron chi connectivity index (χ3n) is 5.58. The maximum atomic E-state index is 12.9. The number of benzene rings is 1. The second kappa shape index (κ2) is 10.7. The number of halogens is 1. The van der Waals surface area contributed by atoms with E-state index in [0.717, 1.165) is 5.56 Å². The summed E-state index contributed by atoms with van der Waals surface area (Å²) in [7, 11) is 0. The quantitative estimate of drug-likeness (QED) is 0.642. The molecule has 2 aliphatic heterocycles. The number of ether oxygens (including phenoxy) is 2. The zero-order valence-electron chi connectivity index (χ0n) is 17.8. The number of hydrogen-bond acceptors (Lipinski definition) is 6.